The van der Waals surface area contributed by atoms with Gasteiger partial charge in [-0.05, 0) is 12.1 Å². The molecule has 2 heterocycles. The number of hydrogen-bond donors (Lipinski definition) is 0. The van der Waals surface area contributed by atoms with Crippen molar-refractivity contribution in [2.24, 2.45) is 15.1 Å². The summed E-state index contributed by atoms with van der Waals surface area (Å²) in [4.78, 5) is 19.6. The highest BCUT2D eigenvalue weighted by atomic mass is 16.5. The van der Waals surface area contributed by atoms with Crippen LogP contribution >= 0.6 is 0 Å². The maximum absolute atomic E-state index is 11.8. The highest BCUT2D eigenvalue weighted by Gasteiger charge is 2.12. The van der Waals surface area contributed by atoms with Gasteiger partial charge in [0.2, 0.25) is 5.82 Å². The normalized spacial score (nSPS) is 14.4. The third-order valence-corrected chi connectivity index (χ3v) is 2.62. The molecule has 0 bridgehead atoms. The van der Waals surface area contributed by atoms with E-state index in [2.05, 4.69) is 25.3 Å². The number of ether oxygens (including phenoxy) is 1. The molecule has 1 amide bonds. The number of rotatable bonds is 0. The molecular weight excluding hydrogens is 272 g/mol. The molecule has 1 aliphatic rings. The molecule has 104 valence electrons. The summed E-state index contributed by atoms with van der Waals surface area (Å²) in [5.74, 6) is 0.103. The Hall–Kier alpha value is -3.16. The second kappa shape index (κ2) is 5.87. The molecule has 0 aliphatic carbocycles. The van der Waals surface area contributed by atoms with E-state index >= 15 is 0 Å². The topological polar surface area (TPSA) is 94.1 Å². The molecule has 0 N–H and O–H groups in total. The Morgan fingerprint density at radius 1 is 1.24 bits per heavy atom. The van der Waals surface area contributed by atoms with Crippen molar-refractivity contribution in [2.75, 3.05) is 6.61 Å². The lowest BCUT2D eigenvalue weighted by Gasteiger charge is -2.05. The van der Waals surface area contributed by atoms with Gasteiger partial charge in [0.05, 0.1) is 0 Å². The number of benzene rings is 1. The highest BCUT2D eigenvalue weighted by molar-refractivity contribution is 5.96. The standard InChI is InChI=1S/C13H10N6O2/c20-13-12-18-16-9-19(12)17-8-14-7-10-3-1-2-4-11(10)21-6-5-15-13/h1-5,7-9H,6H2. The monoisotopic (exact) mass is 282 g/mol. The average Bonchev–Trinajstić information content (AvgIpc) is 2.97. The van der Waals surface area contributed by atoms with Crippen LogP contribution < -0.4 is 4.74 Å². The summed E-state index contributed by atoms with van der Waals surface area (Å²) in [6.07, 6.45) is 5.58. The summed E-state index contributed by atoms with van der Waals surface area (Å²) in [6, 6.07) is 7.39. The van der Waals surface area contributed by atoms with Crippen molar-refractivity contribution in [3.63, 3.8) is 0 Å². The van der Waals surface area contributed by atoms with Crippen LogP contribution in [0.4, 0.5) is 0 Å². The molecule has 21 heavy (non-hydrogen) atoms. The zero-order valence-electron chi connectivity index (χ0n) is 10.8. The van der Waals surface area contributed by atoms with Gasteiger partial charge in [0.1, 0.15) is 25.0 Å². The van der Waals surface area contributed by atoms with Gasteiger partial charge in [0.15, 0.2) is 0 Å². The van der Waals surface area contributed by atoms with Crippen LogP contribution in [0.1, 0.15) is 16.2 Å². The fraction of sp³-hybridized carbons (Fsp3) is 0.0769. The van der Waals surface area contributed by atoms with Gasteiger partial charge in [-0.1, -0.05) is 12.1 Å². The van der Waals surface area contributed by atoms with Crippen LogP contribution in [-0.2, 0) is 0 Å². The van der Waals surface area contributed by atoms with Crippen molar-refractivity contribution < 1.29 is 9.53 Å². The van der Waals surface area contributed by atoms with E-state index in [0.717, 1.165) is 5.56 Å². The maximum atomic E-state index is 11.8. The predicted octanol–water partition coefficient (Wildman–Crippen LogP) is 0.792. The first-order chi connectivity index (χ1) is 10.3. The van der Waals surface area contributed by atoms with Crippen LogP contribution in [0.15, 0.2) is 45.7 Å². The minimum atomic E-state index is -0.551. The lowest BCUT2D eigenvalue weighted by atomic mass is 10.2. The van der Waals surface area contributed by atoms with Gasteiger partial charge in [-0.3, -0.25) is 4.79 Å². The van der Waals surface area contributed by atoms with Crippen molar-refractivity contribution in [2.45, 2.75) is 0 Å². The third kappa shape index (κ3) is 2.89. The van der Waals surface area contributed by atoms with Crippen LogP contribution in [0.25, 0.3) is 0 Å². The lowest BCUT2D eigenvalue weighted by Crippen LogP contribution is -2.07. The molecule has 3 rings (SSSR count). The molecule has 0 radical (unpaired) electrons. The summed E-state index contributed by atoms with van der Waals surface area (Å²) >= 11 is 0. The second-order valence-corrected chi connectivity index (χ2v) is 3.97. The van der Waals surface area contributed by atoms with Gasteiger partial charge in [-0.15, -0.1) is 10.2 Å². The van der Waals surface area contributed by atoms with Gasteiger partial charge in [0.25, 0.3) is 0 Å². The minimum Gasteiger partial charge on any atom is -0.487 e. The Morgan fingerprint density at radius 3 is 3.10 bits per heavy atom. The number of amides is 1. The largest absolute Gasteiger partial charge is 0.487 e. The zero-order valence-corrected chi connectivity index (χ0v) is 10.8. The summed E-state index contributed by atoms with van der Waals surface area (Å²) < 4.78 is 6.75. The fourth-order valence-electron chi connectivity index (χ4n) is 1.68. The molecule has 1 aromatic heterocycles. The first-order valence-corrected chi connectivity index (χ1v) is 6.09. The van der Waals surface area contributed by atoms with E-state index in [-0.39, 0.29) is 12.4 Å². The van der Waals surface area contributed by atoms with Gasteiger partial charge in [-0.2, -0.15) is 9.78 Å². The lowest BCUT2D eigenvalue weighted by molar-refractivity contribution is 0.0989. The second-order valence-electron chi connectivity index (χ2n) is 3.97. The number of carbonyl (C=O) groups excluding carboxylic acids is 1. The Labute approximate surface area is 119 Å². The van der Waals surface area contributed by atoms with Crippen molar-refractivity contribution in [3.05, 3.63) is 42.0 Å². The quantitative estimate of drug-likeness (QED) is 0.714. The Balaban J connectivity index is 1.98. The molecule has 0 saturated carbocycles. The van der Waals surface area contributed by atoms with Crippen molar-refractivity contribution in [3.8, 4) is 5.75 Å². The highest BCUT2D eigenvalue weighted by Crippen LogP contribution is 2.15. The first kappa shape index (κ1) is 12.9. The van der Waals surface area contributed by atoms with Gasteiger partial charge >= 0.3 is 5.91 Å². The van der Waals surface area contributed by atoms with E-state index in [1.165, 1.54) is 23.6 Å². The molecule has 0 fully saturated rings. The molecule has 8 heteroatoms. The van der Waals surface area contributed by atoms with Crippen LogP contribution in [-0.4, -0.2) is 46.2 Å². The van der Waals surface area contributed by atoms with Gasteiger partial charge < -0.3 is 4.74 Å². The number of aromatic nitrogens is 3. The number of nitrogens with zero attached hydrogens (tertiary/aromatic N) is 6. The maximum Gasteiger partial charge on any atom is 0.316 e. The van der Waals surface area contributed by atoms with E-state index in [4.69, 9.17) is 4.74 Å². The molecule has 0 atom stereocenters. The minimum absolute atomic E-state index is 0.00876. The molecule has 1 aliphatic heterocycles. The molecular formula is C13H10N6O2. The fourth-order valence-corrected chi connectivity index (χ4v) is 1.68. The van der Waals surface area contributed by atoms with Crippen LogP contribution in [0.5, 0.6) is 5.75 Å². The van der Waals surface area contributed by atoms with Gasteiger partial charge in [0, 0.05) is 18.0 Å². The molecule has 0 unspecified atom stereocenters. The first-order valence-electron chi connectivity index (χ1n) is 6.09. The number of aliphatic imine (C=N–C) groups is 2. The molecule has 1 aromatic carbocycles. The Bertz CT molecular complexity index is 747. The van der Waals surface area contributed by atoms with Crippen molar-refractivity contribution >= 4 is 24.7 Å². The number of carbonyl (C=O) groups is 1. The predicted molar refractivity (Wildman–Crippen MR) is 76.3 cm³/mol. The van der Waals surface area contributed by atoms with Crippen LogP contribution in [0.2, 0.25) is 0 Å². The summed E-state index contributed by atoms with van der Waals surface area (Å²) in [7, 11) is 0. The summed E-state index contributed by atoms with van der Waals surface area (Å²) in [5, 5.41) is 11.3. The molecule has 2 aromatic rings. The molecule has 0 spiro atoms. The number of hydrogen-bond acceptors (Lipinski definition) is 6. The average molecular weight is 282 g/mol. The van der Waals surface area contributed by atoms with Crippen LogP contribution in [0.3, 0.4) is 0 Å². The van der Waals surface area contributed by atoms with E-state index < -0.39 is 5.91 Å². The van der Waals surface area contributed by atoms with E-state index in [9.17, 15) is 4.79 Å². The van der Waals surface area contributed by atoms with Gasteiger partial charge in [-0.25, -0.2) is 9.98 Å². The van der Waals surface area contributed by atoms with Crippen LogP contribution in [0, 0.1) is 0 Å². The van der Waals surface area contributed by atoms with E-state index in [0.29, 0.717) is 5.75 Å². The SMILES string of the molecule is O=C1N=CCOc2ccccc2C=NC=Nn2cnnc21. The summed E-state index contributed by atoms with van der Waals surface area (Å²) in [5.41, 5.74) is 0.798. The third-order valence-electron chi connectivity index (χ3n) is 2.62. The van der Waals surface area contributed by atoms with E-state index in [1.54, 1.807) is 6.21 Å². The Morgan fingerprint density at radius 2 is 2.14 bits per heavy atom. The van der Waals surface area contributed by atoms with E-state index in [1.807, 2.05) is 24.3 Å². The number of fused-ring (bicyclic) bond motifs is 2. The Kier molecular flexibility index (Phi) is 3.59. The summed E-state index contributed by atoms with van der Waals surface area (Å²) in [6.45, 7) is 0.158. The number of para-hydroxylation sites is 1. The smallest absolute Gasteiger partial charge is 0.316 e. The molecule has 0 saturated heterocycles. The van der Waals surface area contributed by atoms with Crippen molar-refractivity contribution in [1.29, 1.82) is 0 Å². The van der Waals surface area contributed by atoms with Crippen molar-refractivity contribution in [1.82, 2.24) is 14.9 Å². The zero-order chi connectivity index (χ0) is 14.5. The molecule has 8 nitrogen and oxygen atoms in total.